The van der Waals surface area contributed by atoms with E-state index in [1.54, 1.807) is 24.3 Å². The molecular formula is C15H20N2O2. The Hall–Kier alpha value is -1.67. The van der Waals surface area contributed by atoms with Crippen LogP contribution in [-0.4, -0.2) is 31.4 Å². The van der Waals surface area contributed by atoms with E-state index < -0.39 is 6.10 Å². The molecular weight excluding hydrogens is 240 g/mol. The summed E-state index contributed by atoms with van der Waals surface area (Å²) in [5.41, 5.74) is 2.39. The van der Waals surface area contributed by atoms with Gasteiger partial charge < -0.3 is 15.2 Å². The molecule has 1 rings (SSSR count). The molecule has 1 aromatic rings. The number of aliphatic hydroxyl groups is 1. The Balaban J connectivity index is 2.21. The van der Waals surface area contributed by atoms with Crippen LogP contribution in [0.3, 0.4) is 0 Å². The number of nitriles is 1. The normalized spacial score (nSPS) is 11.8. The molecule has 0 fully saturated rings. The zero-order valence-electron chi connectivity index (χ0n) is 11.2. The maximum absolute atomic E-state index is 9.93. The molecule has 0 saturated carbocycles. The third-order valence-corrected chi connectivity index (χ3v) is 2.53. The Morgan fingerprint density at radius 2 is 2.16 bits per heavy atom. The highest BCUT2D eigenvalue weighted by atomic mass is 16.5. The Morgan fingerprint density at radius 3 is 2.74 bits per heavy atom. The molecule has 1 atom stereocenters. The Bertz CT molecular complexity index is 434. The number of benzene rings is 1. The first-order valence-corrected chi connectivity index (χ1v) is 6.24. The fraction of sp³-hybridized carbons (Fsp3) is 0.400. The molecule has 1 aromatic carbocycles. The van der Waals surface area contributed by atoms with E-state index in [2.05, 4.69) is 11.9 Å². The van der Waals surface area contributed by atoms with Crippen molar-refractivity contribution in [3.8, 4) is 6.07 Å². The van der Waals surface area contributed by atoms with Gasteiger partial charge in [-0.1, -0.05) is 24.3 Å². The minimum Gasteiger partial charge on any atom is -0.387 e. The molecule has 0 aliphatic carbocycles. The van der Waals surface area contributed by atoms with Crippen LogP contribution in [0.1, 0.15) is 24.2 Å². The van der Waals surface area contributed by atoms with Gasteiger partial charge in [-0.25, -0.2) is 0 Å². The number of aliphatic hydroxyl groups excluding tert-OH is 1. The van der Waals surface area contributed by atoms with Crippen LogP contribution < -0.4 is 5.32 Å². The van der Waals surface area contributed by atoms with Gasteiger partial charge >= 0.3 is 0 Å². The van der Waals surface area contributed by atoms with Gasteiger partial charge in [0, 0.05) is 13.1 Å². The smallest absolute Gasteiger partial charge is 0.0991 e. The van der Waals surface area contributed by atoms with Crippen LogP contribution >= 0.6 is 0 Å². The number of rotatable bonds is 8. The lowest BCUT2D eigenvalue weighted by Crippen LogP contribution is -2.25. The minimum absolute atomic E-state index is 0.461. The number of ether oxygens (including phenoxy) is 1. The predicted molar refractivity (Wildman–Crippen MR) is 74.6 cm³/mol. The van der Waals surface area contributed by atoms with Gasteiger partial charge in [0.1, 0.15) is 0 Å². The highest BCUT2D eigenvalue weighted by Crippen LogP contribution is 2.12. The van der Waals surface area contributed by atoms with Crippen molar-refractivity contribution in [2.24, 2.45) is 0 Å². The third kappa shape index (κ3) is 6.16. The largest absolute Gasteiger partial charge is 0.387 e. The average Bonchev–Trinajstić information content (AvgIpc) is 2.42. The molecule has 102 valence electrons. The van der Waals surface area contributed by atoms with Crippen molar-refractivity contribution in [2.75, 3.05) is 26.3 Å². The van der Waals surface area contributed by atoms with Crippen molar-refractivity contribution in [1.82, 2.24) is 5.32 Å². The van der Waals surface area contributed by atoms with E-state index >= 15 is 0 Å². The van der Waals surface area contributed by atoms with Gasteiger partial charge in [0.25, 0.3) is 0 Å². The summed E-state index contributed by atoms with van der Waals surface area (Å²) in [6.07, 6.45) is -0.575. The first-order chi connectivity index (χ1) is 9.13. The fourth-order valence-corrected chi connectivity index (χ4v) is 1.53. The van der Waals surface area contributed by atoms with Gasteiger partial charge in [0.2, 0.25) is 0 Å². The molecule has 0 aliphatic heterocycles. The van der Waals surface area contributed by atoms with E-state index in [1.807, 2.05) is 13.0 Å². The first-order valence-electron chi connectivity index (χ1n) is 6.24. The zero-order chi connectivity index (χ0) is 14.1. The van der Waals surface area contributed by atoms with Crippen LogP contribution in [0, 0.1) is 11.3 Å². The van der Waals surface area contributed by atoms with Crippen LogP contribution in [0.5, 0.6) is 0 Å². The highest BCUT2D eigenvalue weighted by Gasteiger charge is 2.06. The van der Waals surface area contributed by atoms with E-state index in [0.717, 1.165) is 11.1 Å². The van der Waals surface area contributed by atoms with Crippen molar-refractivity contribution in [3.05, 3.63) is 47.5 Å². The molecule has 0 aromatic heterocycles. The van der Waals surface area contributed by atoms with Crippen LogP contribution in [0.15, 0.2) is 36.4 Å². The number of hydrogen-bond donors (Lipinski definition) is 2. The summed E-state index contributed by atoms with van der Waals surface area (Å²) in [5.74, 6) is 0. The minimum atomic E-state index is -0.575. The van der Waals surface area contributed by atoms with Gasteiger partial charge in [-0.05, 0) is 24.6 Å². The lowest BCUT2D eigenvalue weighted by molar-refractivity contribution is 0.143. The lowest BCUT2D eigenvalue weighted by atomic mass is 10.1. The summed E-state index contributed by atoms with van der Waals surface area (Å²) in [7, 11) is 0. The molecule has 0 heterocycles. The summed E-state index contributed by atoms with van der Waals surface area (Å²) in [4.78, 5) is 0. The van der Waals surface area contributed by atoms with Gasteiger partial charge in [-0.15, -0.1) is 0 Å². The molecule has 0 bridgehead atoms. The number of nitrogens with zero attached hydrogens (tertiary/aromatic N) is 1. The molecule has 4 heteroatoms. The maximum Gasteiger partial charge on any atom is 0.0991 e. The van der Waals surface area contributed by atoms with Crippen molar-refractivity contribution in [1.29, 1.82) is 5.26 Å². The zero-order valence-corrected chi connectivity index (χ0v) is 11.2. The molecule has 4 nitrogen and oxygen atoms in total. The quantitative estimate of drug-likeness (QED) is 0.552. The Labute approximate surface area is 114 Å². The number of nitrogens with one attached hydrogen (secondary N) is 1. The van der Waals surface area contributed by atoms with Gasteiger partial charge in [-0.2, -0.15) is 5.26 Å². The molecule has 19 heavy (non-hydrogen) atoms. The maximum atomic E-state index is 9.93. The van der Waals surface area contributed by atoms with Crippen LogP contribution in [-0.2, 0) is 4.74 Å². The molecule has 0 spiro atoms. The molecule has 0 radical (unpaired) electrons. The van der Waals surface area contributed by atoms with Gasteiger partial charge in [0.15, 0.2) is 0 Å². The SMILES string of the molecule is C=C(C)COCCNCC(O)c1ccc(C#N)cc1. The third-order valence-electron chi connectivity index (χ3n) is 2.53. The summed E-state index contributed by atoms with van der Waals surface area (Å²) >= 11 is 0. The van der Waals surface area contributed by atoms with Crippen LogP contribution in [0.25, 0.3) is 0 Å². The van der Waals surface area contributed by atoms with E-state index in [1.165, 1.54) is 0 Å². The predicted octanol–water partition coefficient (Wildman–Crippen LogP) is 1.77. The Kier molecular flexibility index (Phi) is 6.83. The van der Waals surface area contributed by atoms with E-state index in [9.17, 15) is 5.11 Å². The van der Waals surface area contributed by atoms with Gasteiger partial charge in [-0.3, -0.25) is 0 Å². The van der Waals surface area contributed by atoms with E-state index in [4.69, 9.17) is 10.00 Å². The van der Waals surface area contributed by atoms with Crippen LogP contribution in [0.4, 0.5) is 0 Å². The summed E-state index contributed by atoms with van der Waals surface area (Å²) in [6.45, 7) is 7.97. The second kappa shape index (κ2) is 8.44. The molecule has 1 unspecified atom stereocenters. The number of hydrogen-bond acceptors (Lipinski definition) is 4. The molecule has 0 aliphatic rings. The molecule has 0 saturated heterocycles. The molecule has 2 N–H and O–H groups in total. The second-order valence-corrected chi connectivity index (χ2v) is 4.46. The standard InChI is InChI=1S/C15H20N2O2/c1-12(2)11-19-8-7-17-10-15(18)14-5-3-13(9-16)4-6-14/h3-6,15,17-18H,1,7-8,10-11H2,2H3. The van der Waals surface area contributed by atoms with E-state index in [-0.39, 0.29) is 0 Å². The topological polar surface area (TPSA) is 65.3 Å². The lowest BCUT2D eigenvalue weighted by Gasteiger charge is -2.12. The monoisotopic (exact) mass is 260 g/mol. The fourth-order valence-electron chi connectivity index (χ4n) is 1.53. The Morgan fingerprint density at radius 1 is 1.47 bits per heavy atom. The molecule has 0 amide bonds. The first kappa shape index (κ1) is 15.4. The van der Waals surface area contributed by atoms with Crippen molar-refractivity contribution in [2.45, 2.75) is 13.0 Å². The van der Waals surface area contributed by atoms with Crippen molar-refractivity contribution in [3.63, 3.8) is 0 Å². The summed E-state index contributed by atoms with van der Waals surface area (Å²) in [5, 5.41) is 21.7. The average molecular weight is 260 g/mol. The van der Waals surface area contributed by atoms with Crippen molar-refractivity contribution >= 4 is 0 Å². The highest BCUT2D eigenvalue weighted by molar-refractivity contribution is 5.32. The van der Waals surface area contributed by atoms with E-state index in [0.29, 0.717) is 31.9 Å². The van der Waals surface area contributed by atoms with Crippen molar-refractivity contribution < 1.29 is 9.84 Å². The summed E-state index contributed by atoms with van der Waals surface area (Å²) < 4.78 is 5.33. The second-order valence-electron chi connectivity index (χ2n) is 4.46. The van der Waals surface area contributed by atoms with Crippen LogP contribution in [0.2, 0.25) is 0 Å². The van der Waals surface area contributed by atoms with Gasteiger partial charge in [0.05, 0.1) is 31.0 Å². The summed E-state index contributed by atoms with van der Waals surface area (Å²) in [6, 6.07) is 8.99.